The van der Waals surface area contributed by atoms with Gasteiger partial charge in [-0.1, -0.05) is 0 Å². The molecule has 0 aliphatic rings. The van der Waals surface area contributed by atoms with Gasteiger partial charge in [-0.3, -0.25) is 6.54 Å². The van der Waals surface area contributed by atoms with Crippen LogP contribution < -0.4 is 0 Å². The number of nitrogens with one attached hydrogen (secondary N) is 1. The normalized spacial score (nSPS) is 3.00. The summed E-state index contributed by atoms with van der Waals surface area (Å²) in [6.45, 7) is 3.40. The first-order valence-electron chi connectivity index (χ1n) is 0.854. The van der Waals surface area contributed by atoms with Crippen molar-refractivity contribution in [2.75, 3.05) is 6.54 Å². The van der Waals surface area contributed by atoms with Crippen molar-refractivity contribution >= 4 is 0 Å². The van der Waals surface area contributed by atoms with Crippen LogP contribution in [-0.2, 0) is 39.6 Å². The molecule has 0 fully saturated rings. The van der Waals surface area contributed by atoms with Crippen molar-refractivity contribution in [2.24, 2.45) is 0 Å². The van der Waals surface area contributed by atoms with Gasteiger partial charge in [-0.15, -0.1) is 0 Å². The van der Waals surface area contributed by atoms with Gasteiger partial charge in [-0.2, -0.15) is 0 Å². The maximum atomic E-state index is 6.10. The van der Waals surface area contributed by atoms with Crippen LogP contribution in [0.1, 0.15) is 0 Å². The van der Waals surface area contributed by atoms with Gasteiger partial charge in [0.15, 0.2) is 0 Å². The Balaban J connectivity index is -0.00000000667. The van der Waals surface area contributed by atoms with E-state index in [1.54, 1.807) is 0 Å². The molecule has 0 saturated carbocycles. The number of hydrogen-bond donors (Lipinski definition) is 0. The molecule has 1 radical (unpaired) electrons. The summed E-state index contributed by atoms with van der Waals surface area (Å²) >= 11 is 0. The maximum Gasteiger partial charge on any atom is 0 e. The van der Waals surface area contributed by atoms with Crippen molar-refractivity contribution in [3.05, 3.63) is 12.7 Å². The van der Waals surface area contributed by atoms with Crippen molar-refractivity contribution in [1.29, 1.82) is 0 Å². The van der Waals surface area contributed by atoms with Crippen molar-refractivity contribution in [1.82, 2.24) is 0 Å². The van der Waals surface area contributed by atoms with Crippen LogP contribution in [-0.4, -0.2) is 6.54 Å². The molecule has 0 aromatic carbocycles. The molecular formula is C2H5NUVW-2. The molecule has 0 aliphatic heterocycles. The van der Waals surface area contributed by atoms with Crippen LogP contribution in [0.3, 0.4) is 0 Å². The first kappa shape index (κ1) is 23.9. The van der Waals surface area contributed by atoms with Gasteiger partial charge < -0.3 is 12.7 Å². The van der Waals surface area contributed by atoms with E-state index in [0.717, 1.165) is 0 Å². The summed E-state index contributed by atoms with van der Waals surface area (Å²) in [4.78, 5) is 0. The van der Waals surface area contributed by atoms with E-state index in [2.05, 4.69) is 6.92 Å². The van der Waals surface area contributed by atoms with E-state index in [1.165, 1.54) is 0 Å². The molecular weight excluding hydrogens is 511 g/mol. The Morgan fingerprint density at radius 1 is 1.50 bits per heavy atom. The second-order valence-electron chi connectivity index (χ2n) is 0.250. The topological polar surface area (TPSA) is 23.8 Å². The second-order valence-corrected chi connectivity index (χ2v) is 0.250. The summed E-state index contributed by atoms with van der Waals surface area (Å²) < 4.78 is 0. The fourth-order valence-corrected chi connectivity index (χ4v) is 0. The van der Waals surface area contributed by atoms with E-state index in [-0.39, 0.29) is 77.3 Å². The third-order valence-corrected chi connectivity index (χ3v) is 0. The van der Waals surface area contributed by atoms with E-state index >= 15 is 0 Å². The third-order valence-electron chi connectivity index (χ3n) is 0. The molecule has 0 aromatic heterocycles. The summed E-state index contributed by atoms with van der Waals surface area (Å²) in [5.74, 6) is 0. The Morgan fingerprint density at radius 3 is 1.50 bits per heavy atom. The second kappa shape index (κ2) is 26.7. The van der Waals surface area contributed by atoms with Crippen LogP contribution in [0.25, 0.3) is 5.73 Å². The minimum Gasteiger partial charge on any atom is -0.704 e. The van der Waals surface area contributed by atoms with Crippen LogP contribution in [0.5, 0.6) is 0 Å². The van der Waals surface area contributed by atoms with Gasteiger partial charge in [0.05, 0.1) is 0 Å². The smallest absolute Gasteiger partial charge is 0 e. The zero-order valence-electron chi connectivity index (χ0n) is 3.27. The van der Waals surface area contributed by atoms with Gasteiger partial charge >= 0.3 is 0 Å². The minimum absolute atomic E-state index is 0. The molecule has 0 amide bonds. The first-order chi connectivity index (χ1) is 1.41. The van der Waals surface area contributed by atoms with Gasteiger partial charge in [-0.05, 0) is 0 Å². The quantitative estimate of drug-likeness (QED) is 0.428. The van der Waals surface area contributed by atoms with E-state index in [4.69, 9.17) is 5.73 Å². The fraction of sp³-hybridized carbons (Fsp3) is 0.500. The Hall–Kier alpha value is 2.28. The van der Waals surface area contributed by atoms with Crippen LogP contribution in [0.15, 0.2) is 0 Å². The predicted octanol–water partition coefficient (Wildman–Crippen LogP) is 0.868. The Labute approximate surface area is 88.7 Å². The Bertz CT molecular complexity index is 13.5. The SMILES string of the molecule is [CH2-]C[NH-].[U].[V].[W]. The summed E-state index contributed by atoms with van der Waals surface area (Å²) in [7, 11) is 0. The van der Waals surface area contributed by atoms with Crippen molar-refractivity contribution < 1.29 is 70.7 Å². The average molecular weight is 516 g/mol. The molecule has 6 heavy (non-hydrogen) atoms. The maximum absolute atomic E-state index is 6.10. The van der Waals surface area contributed by atoms with Crippen LogP contribution in [0, 0.1) is 38.0 Å². The standard InChI is InChI=1S/C2H5N.U.V.W/c1-2-3;;;/h3H,1-2H2;;;/q-2;;;. The largest absolute Gasteiger partial charge is 0.704 e. The van der Waals surface area contributed by atoms with Crippen LogP contribution >= 0.6 is 0 Å². The molecule has 1 N–H and O–H groups in total. The van der Waals surface area contributed by atoms with Crippen molar-refractivity contribution in [3.8, 4) is 0 Å². The molecule has 35 valence electrons. The third kappa shape index (κ3) is 33.6. The molecule has 0 spiro atoms. The van der Waals surface area contributed by atoms with Gasteiger partial charge in [0.1, 0.15) is 0 Å². The number of hydrogen-bond acceptors (Lipinski definition) is 0. The van der Waals surface area contributed by atoms with Crippen LogP contribution in [0.2, 0.25) is 0 Å². The molecule has 0 bridgehead atoms. The zero-order valence-corrected chi connectivity index (χ0v) is 11.8. The summed E-state index contributed by atoms with van der Waals surface area (Å²) in [6, 6.07) is 0. The Kier molecular flexibility index (Phi) is 106. The summed E-state index contributed by atoms with van der Waals surface area (Å²) in [5.41, 5.74) is 6.10. The first-order valence-corrected chi connectivity index (χ1v) is 0.854. The van der Waals surface area contributed by atoms with Gasteiger partial charge in [0, 0.05) is 70.7 Å². The average Bonchev–Trinajstić information content (AvgIpc) is 0.918. The van der Waals surface area contributed by atoms with Crippen molar-refractivity contribution in [3.63, 3.8) is 0 Å². The molecule has 0 unspecified atom stereocenters. The zero-order chi connectivity index (χ0) is 2.71. The van der Waals surface area contributed by atoms with E-state index < -0.39 is 0 Å². The molecule has 0 atom stereocenters. The number of rotatable bonds is 0. The predicted molar refractivity (Wildman–Crippen MR) is 14.5 cm³/mol. The van der Waals surface area contributed by atoms with E-state index in [9.17, 15) is 0 Å². The van der Waals surface area contributed by atoms with Crippen molar-refractivity contribution in [2.45, 2.75) is 0 Å². The van der Waals surface area contributed by atoms with Gasteiger partial charge in [0.25, 0.3) is 0 Å². The van der Waals surface area contributed by atoms with Crippen LogP contribution in [0.4, 0.5) is 0 Å². The van der Waals surface area contributed by atoms with Gasteiger partial charge in [0.2, 0.25) is 0 Å². The molecule has 0 rings (SSSR count). The minimum atomic E-state index is 0. The summed E-state index contributed by atoms with van der Waals surface area (Å²) in [6.07, 6.45) is 0. The fourth-order valence-electron chi connectivity index (χ4n) is 0. The molecule has 0 aromatic rings. The van der Waals surface area contributed by atoms with Gasteiger partial charge in [-0.25, -0.2) is 0 Å². The molecule has 0 heterocycles. The Morgan fingerprint density at radius 2 is 1.50 bits per heavy atom. The molecule has 4 heteroatoms. The van der Waals surface area contributed by atoms with E-state index in [0.29, 0.717) is 0 Å². The monoisotopic (exact) mass is 516 g/mol. The molecule has 0 saturated heterocycles. The van der Waals surface area contributed by atoms with E-state index in [1.807, 2.05) is 0 Å². The molecule has 1 nitrogen and oxygen atoms in total. The molecule has 0 aliphatic carbocycles. The summed E-state index contributed by atoms with van der Waals surface area (Å²) in [5, 5.41) is 0.